The second-order valence-corrected chi connectivity index (χ2v) is 6.38. The van der Waals surface area contributed by atoms with Crippen molar-refractivity contribution in [2.24, 2.45) is 5.92 Å². The zero-order chi connectivity index (χ0) is 15.2. The van der Waals surface area contributed by atoms with E-state index in [-0.39, 0.29) is 18.1 Å². The number of carboxylic acids is 1. The van der Waals surface area contributed by atoms with Crippen molar-refractivity contribution in [3.8, 4) is 0 Å². The Morgan fingerprint density at radius 1 is 1.05 bits per heavy atom. The Morgan fingerprint density at radius 3 is 2.33 bits per heavy atom. The Labute approximate surface area is 126 Å². The van der Waals surface area contributed by atoms with Crippen LogP contribution in [-0.2, 0) is 14.3 Å². The van der Waals surface area contributed by atoms with Gasteiger partial charge in [-0.05, 0) is 32.6 Å². The highest BCUT2D eigenvalue weighted by molar-refractivity contribution is 5.81. The first-order valence-corrected chi connectivity index (χ1v) is 8.26. The van der Waals surface area contributed by atoms with Crippen LogP contribution >= 0.6 is 0 Å². The zero-order valence-electron chi connectivity index (χ0n) is 12.8. The molecule has 2 aliphatic rings. The number of rotatable bonds is 5. The fraction of sp³-hybridized carbons (Fsp3) is 0.875. The van der Waals surface area contributed by atoms with Gasteiger partial charge in [0.05, 0.1) is 12.0 Å². The SMILES string of the molecule is CC(OC1CCCCCC1)C(=O)N[C@@H]1CCC[C@@H]1C(=O)O. The molecule has 5 heteroatoms. The van der Waals surface area contributed by atoms with Crippen LogP contribution in [0.25, 0.3) is 0 Å². The zero-order valence-corrected chi connectivity index (χ0v) is 12.8. The maximum absolute atomic E-state index is 12.2. The Balaban J connectivity index is 1.80. The van der Waals surface area contributed by atoms with E-state index in [1.165, 1.54) is 25.7 Å². The van der Waals surface area contributed by atoms with Crippen LogP contribution in [0.3, 0.4) is 0 Å². The largest absolute Gasteiger partial charge is 0.481 e. The second-order valence-electron chi connectivity index (χ2n) is 6.38. The van der Waals surface area contributed by atoms with Crippen LogP contribution in [0.1, 0.15) is 64.7 Å². The van der Waals surface area contributed by atoms with E-state index in [0.717, 1.165) is 25.7 Å². The summed E-state index contributed by atoms with van der Waals surface area (Å²) in [7, 11) is 0. The van der Waals surface area contributed by atoms with Gasteiger partial charge in [0.15, 0.2) is 0 Å². The summed E-state index contributed by atoms with van der Waals surface area (Å²) >= 11 is 0. The standard InChI is InChI=1S/C16H27NO4/c1-11(21-12-7-4-2-3-5-8-12)15(18)17-14-10-6-9-13(14)16(19)20/h11-14H,2-10H2,1H3,(H,17,18)(H,19,20)/t11?,13-,14+/m0/s1. The molecule has 1 unspecified atom stereocenters. The van der Waals surface area contributed by atoms with Crippen LogP contribution in [0.15, 0.2) is 0 Å². The number of amides is 1. The lowest BCUT2D eigenvalue weighted by atomic mass is 10.0. The minimum absolute atomic E-state index is 0.169. The number of aliphatic carboxylic acids is 1. The maximum atomic E-state index is 12.2. The van der Waals surface area contributed by atoms with Gasteiger partial charge in [-0.15, -0.1) is 0 Å². The predicted molar refractivity (Wildman–Crippen MR) is 78.9 cm³/mol. The van der Waals surface area contributed by atoms with Crippen molar-refractivity contribution in [2.45, 2.75) is 83.0 Å². The molecule has 120 valence electrons. The molecule has 0 aromatic carbocycles. The summed E-state index contributed by atoms with van der Waals surface area (Å²) in [6, 6.07) is -0.241. The molecule has 2 N–H and O–H groups in total. The third-order valence-corrected chi connectivity index (χ3v) is 4.73. The van der Waals surface area contributed by atoms with Crippen LogP contribution in [0.5, 0.6) is 0 Å². The third-order valence-electron chi connectivity index (χ3n) is 4.73. The summed E-state index contributed by atoms with van der Waals surface area (Å²) in [5, 5.41) is 12.0. The monoisotopic (exact) mass is 297 g/mol. The number of hydrogen-bond acceptors (Lipinski definition) is 3. The number of carboxylic acid groups (broad SMARTS) is 1. The Bertz CT molecular complexity index is 363. The van der Waals surface area contributed by atoms with Crippen molar-refractivity contribution in [1.29, 1.82) is 0 Å². The molecule has 1 amide bonds. The Kier molecular flexibility index (Phi) is 6.03. The molecule has 2 saturated carbocycles. The Hall–Kier alpha value is -1.10. The average Bonchev–Trinajstić information content (AvgIpc) is 2.75. The van der Waals surface area contributed by atoms with Crippen molar-refractivity contribution in [3.05, 3.63) is 0 Å². The van der Waals surface area contributed by atoms with Gasteiger partial charge in [0.1, 0.15) is 6.10 Å². The lowest BCUT2D eigenvalue weighted by Crippen LogP contribution is -2.45. The summed E-state index contributed by atoms with van der Waals surface area (Å²) in [4.78, 5) is 23.3. The minimum atomic E-state index is -0.810. The van der Waals surface area contributed by atoms with E-state index in [0.29, 0.717) is 6.42 Å². The minimum Gasteiger partial charge on any atom is -0.481 e. The highest BCUT2D eigenvalue weighted by Crippen LogP contribution is 2.26. The normalized spacial score (nSPS) is 28.8. The first-order valence-electron chi connectivity index (χ1n) is 8.26. The van der Waals surface area contributed by atoms with Crippen molar-refractivity contribution in [2.75, 3.05) is 0 Å². The number of carbonyl (C=O) groups excluding carboxylic acids is 1. The summed E-state index contributed by atoms with van der Waals surface area (Å²) in [5.74, 6) is -1.42. The molecule has 0 aromatic heterocycles. The highest BCUT2D eigenvalue weighted by atomic mass is 16.5. The lowest BCUT2D eigenvalue weighted by Gasteiger charge is -2.23. The molecule has 3 atom stereocenters. The van der Waals surface area contributed by atoms with E-state index in [1.54, 1.807) is 6.92 Å². The van der Waals surface area contributed by atoms with Crippen molar-refractivity contribution < 1.29 is 19.4 Å². The van der Waals surface area contributed by atoms with Gasteiger partial charge < -0.3 is 15.2 Å². The average molecular weight is 297 g/mol. The molecule has 0 radical (unpaired) electrons. The first-order chi connectivity index (χ1) is 10.1. The number of carbonyl (C=O) groups is 2. The third kappa shape index (κ3) is 4.70. The van der Waals surface area contributed by atoms with Crippen molar-refractivity contribution in [1.82, 2.24) is 5.32 Å². The van der Waals surface area contributed by atoms with Crippen LogP contribution in [0, 0.1) is 5.92 Å². The topological polar surface area (TPSA) is 75.6 Å². The fourth-order valence-corrected chi connectivity index (χ4v) is 3.46. The van der Waals surface area contributed by atoms with Crippen molar-refractivity contribution in [3.63, 3.8) is 0 Å². The predicted octanol–water partition coefficient (Wildman–Crippen LogP) is 2.48. The molecule has 21 heavy (non-hydrogen) atoms. The number of ether oxygens (including phenoxy) is 1. The second kappa shape index (κ2) is 7.78. The molecular formula is C16H27NO4. The van der Waals surface area contributed by atoms with E-state index in [2.05, 4.69) is 5.32 Å². The molecule has 0 aliphatic heterocycles. The van der Waals surface area contributed by atoms with Crippen LogP contribution in [-0.4, -0.2) is 35.2 Å². The summed E-state index contributed by atoms with van der Waals surface area (Å²) in [5.41, 5.74) is 0. The number of nitrogens with one attached hydrogen (secondary N) is 1. The Morgan fingerprint density at radius 2 is 1.71 bits per heavy atom. The van der Waals surface area contributed by atoms with Gasteiger partial charge in [0, 0.05) is 6.04 Å². The van der Waals surface area contributed by atoms with E-state index < -0.39 is 18.0 Å². The molecule has 0 bridgehead atoms. The van der Waals surface area contributed by atoms with Crippen LogP contribution in [0.4, 0.5) is 0 Å². The molecule has 2 rings (SSSR count). The molecule has 0 heterocycles. The van der Waals surface area contributed by atoms with E-state index >= 15 is 0 Å². The maximum Gasteiger partial charge on any atom is 0.308 e. The molecule has 0 spiro atoms. The molecule has 2 fully saturated rings. The molecule has 5 nitrogen and oxygen atoms in total. The molecule has 2 aliphatic carbocycles. The molecule has 0 saturated heterocycles. The smallest absolute Gasteiger partial charge is 0.308 e. The van der Waals surface area contributed by atoms with Gasteiger partial charge >= 0.3 is 5.97 Å². The van der Waals surface area contributed by atoms with Crippen molar-refractivity contribution >= 4 is 11.9 Å². The van der Waals surface area contributed by atoms with Gasteiger partial charge in [0.25, 0.3) is 0 Å². The van der Waals surface area contributed by atoms with Gasteiger partial charge in [-0.25, -0.2) is 0 Å². The van der Waals surface area contributed by atoms with Crippen LogP contribution < -0.4 is 5.32 Å². The van der Waals surface area contributed by atoms with E-state index in [1.807, 2.05) is 0 Å². The van der Waals surface area contributed by atoms with Gasteiger partial charge in [0.2, 0.25) is 5.91 Å². The molecular weight excluding hydrogens is 270 g/mol. The fourth-order valence-electron chi connectivity index (χ4n) is 3.46. The van der Waals surface area contributed by atoms with Crippen LogP contribution in [0.2, 0.25) is 0 Å². The van der Waals surface area contributed by atoms with Gasteiger partial charge in [-0.3, -0.25) is 9.59 Å². The van der Waals surface area contributed by atoms with Gasteiger partial charge in [-0.2, -0.15) is 0 Å². The van der Waals surface area contributed by atoms with E-state index in [9.17, 15) is 9.59 Å². The first kappa shape index (κ1) is 16.3. The molecule has 0 aromatic rings. The highest BCUT2D eigenvalue weighted by Gasteiger charge is 2.35. The summed E-state index contributed by atoms with van der Waals surface area (Å²) in [6.45, 7) is 1.77. The summed E-state index contributed by atoms with van der Waals surface area (Å²) < 4.78 is 5.88. The van der Waals surface area contributed by atoms with Gasteiger partial charge in [-0.1, -0.05) is 32.1 Å². The quantitative estimate of drug-likeness (QED) is 0.764. The van der Waals surface area contributed by atoms with E-state index in [4.69, 9.17) is 9.84 Å². The summed E-state index contributed by atoms with van der Waals surface area (Å²) in [6.07, 6.45) is 8.83. The number of hydrogen-bond donors (Lipinski definition) is 2. The lowest BCUT2D eigenvalue weighted by molar-refractivity contribution is -0.143.